The van der Waals surface area contributed by atoms with Gasteiger partial charge in [0.2, 0.25) is 11.7 Å². The number of carbonyl (C=O) groups excluding carboxylic acids is 1. The third kappa shape index (κ3) is 4.79. The van der Waals surface area contributed by atoms with E-state index in [-0.39, 0.29) is 18.1 Å². The number of phenols is 1. The lowest BCUT2D eigenvalue weighted by atomic mass is 10.1. The van der Waals surface area contributed by atoms with Crippen LogP contribution in [-0.2, 0) is 17.6 Å². The average molecular weight is 345 g/mol. The van der Waals surface area contributed by atoms with Gasteiger partial charge in [-0.05, 0) is 30.2 Å². The Morgan fingerprint density at radius 1 is 1.04 bits per heavy atom. The minimum atomic E-state index is -0.0887. The van der Waals surface area contributed by atoms with Crippen molar-refractivity contribution in [3.8, 4) is 23.0 Å². The standard InChI is InChI=1S/C19H23NO5/c1-23-16-7-5-4-6-14(16)12-18(22)20-9-8-13-10-15(21)19(25-3)17(11-13)24-2/h4-7,10-11,21H,8-9,12H2,1-3H3,(H,20,22). The second-order valence-electron chi connectivity index (χ2n) is 5.44. The van der Waals surface area contributed by atoms with E-state index in [0.29, 0.717) is 30.2 Å². The van der Waals surface area contributed by atoms with Gasteiger partial charge in [0.25, 0.3) is 0 Å². The van der Waals surface area contributed by atoms with Crippen molar-refractivity contribution in [3.63, 3.8) is 0 Å². The zero-order chi connectivity index (χ0) is 18.2. The fraction of sp³-hybridized carbons (Fsp3) is 0.316. The summed E-state index contributed by atoms with van der Waals surface area (Å²) in [6.07, 6.45) is 0.812. The smallest absolute Gasteiger partial charge is 0.224 e. The predicted octanol–water partition coefficient (Wildman–Crippen LogP) is 2.32. The van der Waals surface area contributed by atoms with E-state index in [1.807, 2.05) is 24.3 Å². The van der Waals surface area contributed by atoms with Crippen LogP contribution in [0.15, 0.2) is 36.4 Å². The Labute approximate surface area is 147 Å². The molecular weight excluding hydrogens is 322 g/mol. The third-order valence-corrected chi connectivity index (χ3v) is 3.80. The highest BCUT2D eigenvalue weighted by atomic mass is 16.5. The maximum Gasteiger partial charge on any atom is 0.224 e. The van der Waals surface area contributed by atoms with Crippen LogP contribution in [0.1, 0.15) is 11.1 Å². The monoisotopic (exact) mass is 345 g/mol. The number of methoxy groups -OCH3 is 3. The molecule has 2 aromatic carbocycles. The van der Waals surface area contributed by atoms with Gasteiger partial charge in [-0.25, -0.2) is 0 Å². The van der Waals surface area contributed by atoms with E-state index in [0.717, 1.165) is 11.1 Å². The third-order valence-electron chi connectivity index (χ3n) is 3.80. The average Bonchev–Trinajstić information content (AvgIpc) is 2.61. The van der Waals surface area contributed by atoms with Crippen molar-refractivity contribution in [2.24, 2.45) is 0 Å². The molecule has 0 atom stereocenters. The highest BCUT2D eigenvalue weighted by Gasteiger charge is 2.12. The van der Waals surface area contributed by atoms with Crippen LogP contribution in [0.3, 0.4) is 0 Å². The molecule has 0 heterocycles. The molecule has 0 unspecified atom stereocenters. The lowest BCUT2D eigenvalue weighted by molar-refractivity contribution is -0.120. The summed E-state index contributed by atoms with van der Waals surface area (Å²) >= 11 is 0. The number of nitrogens with one attached hydrogen (secondary N) is 1. The Hall–Kier alpha value is -2.89. The Bertz CT molecular complexity index is 730. The van der Waals surface area contributed by atoms with Crippen molar-refractivity contribution in [2.45, 2.75) is 12.8 Å². The van der Waals surface area contributed by atoms with Gasteiger partial charge < -0.3 is 24.6 Å². The fourth-order valence-corrected chi connectivity index (χ4v) is 2.57. The summed E-state index contributed by atoms with van der Waals surface area (Å²) in [6, 6.07) is 10.8. The first-order valence-corrected chi connectivity index (χ1v) is 7.91. The molecule has 2 rings (SSSR count). The number of hydrogen-bond acceptors (Lipinski definition) is 5. The number of phenolic OH excluding ortho intramolecular Hbond substituents is 1. The zero-order valence-corrected chi connectivity index (χ0v) is 14.7. The molecule has 6 heteroatoms. The first-order valence-electron chi connectivity index (χ1n) is 7.91. The topological polar surface area (TPSA) is 77.0 Å². The summed E-state index contributed by atoms with van der Waals surface area (Å²) in [4.78, 5) is 12.1. The number of ether oxygens (including phenoxy) is 3. The maximum absolute atomic E-state index is 12.1. The van der Waals surface area contributed by atoms with Gasteiger partial charge in [-0.2, -0.15) is 0 Å². The first kappa shape index (κ1) is 18.4. The first-order chi connectivity index (χ1) is 12.1. The van der Waals surface area contributed by atoms with Gasteiger partial charge in [-0.1, -0.05) is 18.2 Å². The van der Waals surface area contributed by atoms with E-state index in [4.69, 9.17) is 14.2 Å². The largest absolute Gasteiger partial charge is 0.504 e. The summed E-state index contributed by atoms with van der Waals surface area (Å²) in [5.41, 5.74) is 1.68. The van der Waals surface area contributed by atoms with E-state index >= 15 is 0 Å². The normalized spacial score (nSPS) is 10.2. The Balaban J connectivity index is 1.92. The molecular formula is C19H23NO5. The van der Waals surface area contributed by atoms with E-state index < -0.39 is 0 Å². The van der Waals surface area contributed by atoms with Gasteiger partial charge in [0.1, 0.15) is 5.75 Å². The minimum Gasteiger partial charge on any atom is -0.504 e. The van der Waals surface area contributed by atoms with Crippen LogP contribution in [-0.4, -0.2) is 38.9 Å². The number of rotatable bonds is 8. The molecule has 2 N–H and O–H groups in total. The molecule has 0 aliphatic carbocycles. The Morgan fingerprint density at radius 2 is 1.76 bits per heavy atom. The molecule has 0 spiro atoms. The van der Waals surface area contributed by atoms with Gasteiger partial charge in [0, 0.05) is 12.1 Å². The molecule has 25 heavy (non-hydrogen) atoms. The lowest BCUT2D eigenvalue weighted by Crippen LogP contribution is -2.27. The number of hydrogen-bond donors (Lipinski definition) is 2. The fourth-order valence-electron chi connectivity index (χ4n) is 2.57. The second kappa shape index (κ2) is 8.82. The molecule has 1 amide bonds. The van der Waals surface area contributed by atoms with Crippen molar-refractivity contribution in [1.29, 1.82) is 0 Å². The number of amides is 1. The number of benzene rings is 2. The van der Waals surface area contributed by atoms with Gasteiger partial charge >= 0.3 is 0 Å². The summed E-state index contributed by atoms with van der Waals surface area (Å²) in [5, 5.41) is 12.8. The highest BCUT2D eigenvalue weighted by molar-refractivity contribution is 5.79. The van der Waals surface area contributed by atoms with E-state index in [9.17, 15) is 9.90 Å². The summed E-state index contributed by atoms with van der Waals surface area (Å²) in [5.74, 6) is 1.37. The highest BCUT2D eigenvalue weighted by Crippen LogP contribution is 2.37. The van der Waals surface area contributed by atoms with Crippen LogP contribution < -0.4 is 19.5 Å². The number of para-hydroxylation sites is 1. The minimum absolute atomic E-state index is 0.0113. The Morgan fingerprint density at radius 3 is 2.44 bits per heavy atom. The second-order valence-corrected chi connectivity index (χ2v) is 5.44. The van der Waals surface area contributed by atoms with Crippen LogP contribution in [0.5, 0.6) is 23.0 Å². The Kier molecular flexibility index (Phi) is 6.51. The predicted molar refractivity (Wildman–Crippen MR) is 94.6 cm³/mol. The molecule has 0 bridgehead atoms. The molecule has 0 fully saturated rings. The van der Waals surface area contributed by atoms with Crippen LogP contribution in [0.4, 0.5) is 0 Å². The van der Waals surface area contributed by atoms with Crippen LogP contribution in [0.2, 0.25) is 0 Å². The SMILES string of the molecule is COc1ccccc1CC(=O)NCCc1cc(O)c(OC)c(OC)c1. The van der Waals surface area contributed by atoms with Gasteiger partial charge in [0.15, 0.2) is 11.5 Å². The molecule has 6 nitrogen and oxygen atoms in total. The molecule has 0 saturated carbocycles. The molecule has 0 saturated heterocycles. The van der Waals surface area contributed by atoms with Gasteiger partial charge in [0.05, 0.1) is 27.8 Å². The molecule has 0 aliphatic rings. The van der Waals surface area contributed by atoms with Crippen molar-refractivity contribution in [3.05, 3.63) is 47.5 Å². The van der Waals surface area contributed by atoms with Crippen molar-refractivity contribution in [2.75, 3.05) is 27.9 Å². The summed E-state index contributed by atoms with van der Waals surface area (Å²) < 4.78 is 15.5. The molecule has 0 radical (unpaired) electrons. The van der Waals surface area contributed by atoms with Crippen LogP contribution in [0, 0.1) is 0 Å². The van der Waals surface area contributed by atoms with Gasteiger partial charge in [-0.3, -0.25) is 4.79 Å². The zero-order valence-electron chi connectivity index (χ0n) is 14.7. The molecule has 2 aromatic rings. The van der Waals surface area contributed by atoms with Crippen molar-refractivity contribution >= 4 is 5.91 Å². The molecule has 134 valence electrons. The quantitative estimate of drug-likeness (QED) is 0.768. The molecule has 0 aromatic heterocycles. The lowest BCUT2D eigenvalue weighted by Gasteiger charge is -2.12. The number of aromatic hydroxyl groups is 1. The molecule has 0 aliphatic heterocycles. The van der Waals surface area contributed by atoms with Crippen molar-refractivity contribution in [1.82, 2.24) is 5.32 Å². The summed E-state index contributed by atoms with van der Waals surface area (Å²) in [7, 11) is 4.56. The van der Waals surface area contributed by atoms with Crippen LogP contribution >= 0.6 is 0 Å². The van der Waals surface area contributed by atoms with Crippen LogP contribution in [0.25, 0.3) is 0 Å². The van der Waals surface area contributed by atoms with E-state index in [2.05, 4.69) is 5.32 Å². The van der Waals surface area contributed by atoms with E-state index in [1.54, 1.807) is 19.2 Å². The van der Waals surface area contributed by atoms with E-state index in [1.165, 1.54) is 14.2 Å². The maximum atomic E-state index is 12.1. The van der Waals surface area contributed by atoms with Crippen molar-refractivity contribution < 1.29 is 24.1 Å². The summed E-state index contributed by atoms with van der Waals surface area (Å²) in [6.45, 7) is 0.447. The number of carbonyl (C=O) groups is 1. The van der Waals surface area contributed by atoms with Gasteiger partial charge in [-0.15, -0.1) is 0 Å².